The number of nitrogens with zero attached hydrogens (tertiary/aromatic N) is 3. The highest BCUT2D eigenvalue weighted by Gasteiger charge is 2.09. The van der Waals surface area contributed by atoms with E-state index in [0.29, 0.717) is 4.99 Å². The zero-order valence-corrected chi connectivity index (χ0v) is 9.03. The highest BCUT2D eigenvalue weighted by atomic mass is 32.1. The normalized spacial score (nSPS) is 10.2. The van der Waals surface area contributed by atoms with Gasteiger partial charge in [-0.15, -0.1) is 0 Å². The van der Waals surface area contributed by atoms with Gasteiger partial charge in [0.25, 0.3) is 0 Å². The maximum absolute atomic E-state index is 5.66. The van der Waals surface area contributed by atoms with E-state index in [-0.39, 0.29) is 0 Å². The van der Waals surface area contributed by atoms with Gasteiger partial charge in [0, 0.05) is 5.56 Å². The maximum Gasteiger partial charge on any atom is 0.138 e. The summed E-state index contributed by atoms with van der Waals surface area (Å²) in [4.78, 5) is 4.27. The van der Waals surface area contributed by atoms with E-state index in [9.17, 15) is 0 Å². The lowest BCUT2D eigenvalue weighted by Crippen LogP contribution is -2.14. The first-order valence-corrected chi connectivity index (χ1v) is 4.85. The van der Waals surface area contributed by atoms with E-state index in [4.69, 9.17) is 18.0 Å². The topological polar surface area (TPSA) is 56.7 Å². The van der Waals surface area contributed by atoms with Gasteiger partial charge in [-0.1, -0.05) is 24.4 Å². The molecule has 4 nitrogen and oxygen atoms in total. The van der Waals surface area contributed by atoms with Crippen LogP contribution in [0.2, 0.25) is 0 Å². The molecule has 1 aromatic carbocycles. The Morgan fingerprint density at radius 1 is 1.47 bits per heavy atom. The Balaban J connectivity index is 2.68. The van der Waals surface area contributed by atoms with Crippen molar-refractivity contribution in [2.24, 2.45) is 5.73 Å². The lowest BCUT2D eigenvalue weighted by molar-refractivity contribution is 0.869. The van der Waals surface area contributed by atoms with E-state index >= 15 is 0 Å². The van der Waals surface area contributed by atoms with Crippen LogP contribution in [0.1, 0.15) is 11.1 Å². The number of para-hydroxylation sites is 1. The van der Waals surface area contributed by atoms with Crippen LogP contribution in [0.4, 0.5) is 0 Å². The lowest BCUT2D eigenvalue weighted by atomic mass is 10.1. The molecule has 15 heavy (non-hydrogen) atoms. The van der Waals surface area contributed by atoms with Crippen LogP contribution in [0.5, 0.6) is 0 Å². The largest absolute Gasteiger partial charge is 0.389 e. The quantitative estimate of drug-likeness (QED) is 0.770. The predicted molar refractivity (Wildman–Crippen MR) is 62.0 cm³/mol. The van der Waals surface area contributed by atoms with Gasteiger partial charge in [-0.05, 0) is 18.6 Å². The van der Waals surface area contributed by atoms with Crippen molar-refractivity contribution in [2.75, 3.05) is 0 Å². The maximum atomic E-state index is 5.66. The molecule has 0 bridgehead atoms. The Bertz CT molecular complexity index is 490. The van der Waals surface area contributed by atoms with Gasteiger partial charge in [0.2, 0.25) is 0 Å². The summed E-state index contributed by atoms with van der Waals surface area (Å²) in [6.45, 7) is 1.98. The molecular formula is C10H10N4S. The Labute approximate surface area is 92.7 Å². The Hall–Kier alpha value is -1.75. The van der Waals surface area contributed by atoms with Crippen LogP contribution >= 0.6 is 12.2 Å². The van der Waals surface area contributed by atoms with Gasteiger partial charge in [0.15, 0.2) is 0 Å². The molecule has 0 aliphatic rings. The highest BCUT2D eigenvalue weighted by Crippen LogP contribution is 2.17. The minimum Gasteiger partial charge on any atom is -0.389 e. The lowest BCUT2D eigenvalue weighted by Gasteiger charge is -2.10. The van der Waals surface area contributed by atoms with Crippen LogP contribution in [0, 0.1) is 6.92 Å². The van der Waals surface area contributed by atoms with E-state index in [1.54, 1.807) is 11.0 Å². The summed E-state index contributed by atoms with van der Waals surface area (Å²) in [6.07, 6.45) is 3.11. The molecule has 0 aliphatic heterocycles. The molecule has 0 aliphatic carbocycles. The fourth-order valence-corrected chi connectivity index (χ4v) is 1.65. The predicted octanol–water partition coefficient (Wildman–Crippen LogP) is 1.21. The summed E-state index contributed by atoms with van der Waals surface area (Å²) < 4.78 is 1.67. The average Bonchev–Trinajstić information content (AvgIpc) is 2.70. The van der Waals surface area contributed by atoms with Crippen LogP contribution in [-0.2, 0) is 0 Å². The van der Waals surface area contributed by atoms with E-state index < -0.39 is 0 Å². The fourth-order valence-electron chi connectivity index (χ4n) is 1.49. The molecule has 2 N–H and O–H groups in total. The molecule has 1 aromatic heterocycles. The molecule has 0 saturated carbocycles. The number of hydrogen-bond acceptors (Lipinski definition) is 3. The first-order chi connectivity index (χ1) is 7.20. The van der Waals surface area contributed by atoms with Crippen molar-refractivity contribution in [3.8, 4) is 5.69 Å². The summed E-state index contributed by atoms with van der Waals surface area (Å²) in [7, 11) is 0. The smallest absolute Gasteiger partial charge is 0.138 e. The van der Waals surface area contributed by atoms with Gasteiger partial charge in [0.05, 0.1) is 5.69 Å². The minimum absolute atomic E-state index is 0.365. The molecule has 0 saturated heterocycles. The molecule has 0 radical (unpaired) electrons. The van der Waals surface area contributed by atoms with Crippen LogP contribution in [-0.4, -0.2) is 19.8 Å². The van der Waals surface area contributed by atoms with E-state index in [1.165, 1.54) is 6.33 Å². The van der Waals surface area contributed by atoms with Gasteiger partial charge in [-0.2, -0.15) is 5.10 Å². The number of nitrogens with two attached hydrogens (primary N) is 1. The van der Waals surface area contributed by atoms with E-state index in [2.05, 4.69) is 10.1 Å². The fraction of sp³-hybridized carbons (Fsp3) is 0.100. The molecule has 5 heteroatoms. The van der Waals surface area contributed by atoms with Crippen LogP contribution < -0.4 is 5.73 Å². The Morgan fingerprint density at radius 3 is 2.87 bits per heavy atom. The van der Waals surface area contributed by atoms with Crippen molar-refractivity contribution in [1.82, 2.24) is 14.8 Å². The number of aromatic nitrogens is 3. The van der Waals surface area contributed by atoms with Gasteiger partial charge >= 0.3 is 0 Å². The summed E-state index contributed by atoms with van der Waals surface area (Å²) >= 11 is 5.00. The number of rotatable bonds is 2. The highest BCUT2D eigenvalue weighted by molar-refractivity contribution is 7.80. The zero-order chi connectivity index (χ0) is 10.8. The monoisotopic (exact) mass is 218 g/mol. The number of aryl methyl sites for hydroxylation is 1. The Kier molecular flexibility index (Phi) is 2.47. The van der Waals surface area contributed by atoms with Crippen LogP contribution in [0.15, 0.2) is 30.9 Å². The summed E-state index contributed by atoms with van der Waals surface area (Å²) in [5.74, 6) is 0. The molecule has 0 amide bonds. The second kappa shape index (κ2) is 3.78. The van der Waals surface area contributed by atoms with Crippen molar-refractivity contribution >= 4 is 17.2 Å². The third-order valence-electron chi connectivity index (χ3n) is 2.15. The third-order valence-corrected chi connectivity index (χ3v) is 2.37. The van der Waals surface area contributed by atoms with E-state index in [0.717, 1.165) is 16.8 Å². The van der Waals surface area contributed by atoms with Crippen molar-refractivity contribution in [3.05, 3.63) is 42.0 Å². The van der Waals surface area contributed by atoms with Crippen LogP contribution in [0.3, 0.4) is 0 Å². The van der Waals surface area contributed by atoms with Gasteiger partial charge < -0.3 is 5.73 Å². The molecule has 76 valence electrons. The minimum atomic E-state index is 0.365. The van der Waals surface area contributed by atoms with Crippen LogP contribution in [0.25, 0.3) is 5.69 Å². The third kappa shape index (κ3) is 1.73. The number of thiocarbonyl (C=S) groups is 1. The average molecular weight is 218 g/mol. The summed E-state index contributed by atoms with van der Waals surface area (Å²) in [5, 5.41) is 4.08. The molecular weight excluding hydrogens is 208 g/mol. The van der Waals surface area contributed by atoms with Gasteiger partial charge in [-0.25, -0.2) is 9.67 Å². The molecule has 0 spiro atoms. The molecule has 0 fully saturated rings. The molecule has 2 aromatic rings. The van der Waals surface area contributed by atoms with Crippen molar-refractivity contribution in [2.45, 2.75) is 6.92 Å². The number of benzene rings is 1. The van der Waals surface area contributed by atoms with E-state index in [1.807, 2.05) is 25.1 Å². The standard InChI is InChI=1S/C10H10N4S/c1-7-3-2-4-8(10(11)15)9(7)14-6-12-5-13-14/h2-6H,1H3,(H2,11,15). The zero-order valence-electron chi connectivity index (χ0n) is 8.21. The van der Waals surface area contributed by atoms with Crippen molar-refractivity contribution in [1.29, 1.82) is 0 Å². The first-order valence-electron chi connectivity index (χ1n) is 4.44. The first kappa shape index (κ1) is 9.79. The second-order valence-corrected chi connectivity index (χ2v) is 3.62. The molecule has 0 unspecified atom stereocenters. The van der Waals surface area contributed by atoms with Crippen molar-refractivity contribution < 1.29 is 0 Å². The SMILES string of the molecule is Cc1cccc(C(N)=S)c1-n1cncn1. The summed E-state index contributed by atoms with van der Waals surface area (Å²) in [5.41, 5.74) is 8.43. The molecule has 2 rings (SSSR count). The number of hydrogen-bond donors (Lipinski definition) is 1. The second-order valence-electron chi connectivity index (χ2n) is 3.18. The van der Waals surface area contributed by atoms with Gasteiger partial charge in [0.1, 0.15) is 17.6 Å². The summed E-state index contributed by atoms with van der Waals surface area (Å²) in [6, 6.07) is 5.79. The van der Waals surface area contributed by atoms with Gasteiger partial charge in [-0.3, -0.25) is 0 Å². The molecule has 0 atom stereocenters. The van der Waals surface area contributed by atoms with Crippen molar-refractivity contribution in [3.63, 3.8) is 0 Å². The molecule has 1 heterocycles. The Morgan fingerprint density at radius 2 is 2.27 bits per heavy atom.